The molecule has 2 nitrogen and oxygen atoms in total. The first-order valence-corrected chi connectivity index (χ1v) is 4.62. The van der Waals surface area contributed by atoms with Crippen molar-refractivity contribution in [3.8, 4) is 0 Å². The first-order valence-electron chi connectivity index (χ1n) is 4.62. The Bertz CT molecular complexity index is 455. The molecule has 2 heteroatoms. The van der Waals surface area contributed by atoms with Crippen LogP contribution < -0.4 is 5.73 Å². The van der Waals surface area contributed by atoms with E-state index in [1.165, 1.54) is 10.8 Å². The minimum Gasteiger partial charge on any atom is -0.326 e. The number of benzene rings is 2. The van der Waals surface area contributed by atoms with E-state index >= 15 is 0 Å². The van der Waals surface area contributed by atoms with Gasteiger partial charge in [0.05, 0.1) is 5.69 Å². The summed E-state index contributed by atoms with van der Waals surface area (Å²) in [5.74, 6) is 0. The molecule has 0 unspecified atom stereocenters. The Balaban J connectivity index is 2.59. The topological polar surface area (TPSA) is 38.4 Å². The quantitative estimate of drug-likeness (QED) is 0.715. The minimum absolute atomic E-state index is 0.475. The van der Waals surface area contributed by atoms with Crippen LogP contribution in [0.5, 0.6) is 0 Å². The summed E-state index contributed by atoms with van der Waals surface area (Å²) in [6.45, 7) is 0.475. The normalized spacial score (nSPS) is 11.2. The van der Waals surface area contributed by atoms with Crippen molar-refractivity contribution in [1.29, 1.82) is 0 Å². The van der Waals surface area contributed by atoms with Gasteiger partial charge in [0.1, 0.15) is 0 Å². The summed E-state index contributed by atoms with van der Waals surface area (Å²) in [4.78, 5) is 4.30. The molecule has 0 saturated heterocycles. The van der Waals surface area contributed by atoms with E-state index in [1.54, 1.807) is 6.21 Å². The van der Waals surface area contributed by atoms with Crippen molar-refractivity contribution in [1.82, 2.24) is 0 Å². The summed E-state index contributed by atoms with van der Waals surface area (Å²) in [6, 6.07) is 14.3. The van der Waals surface area contributed by atoms with Gasteiger partial charge in [-0.25, -0.2) is 0 Å². The molecule has 2 rings (SSSR count). The molecule has 0 aliphatic heterocycles. The van der Waals surface area contributed by atoms with E-state index in [-0.39, 0.29) is 0 Å². The number of fused-ring (bicyclic) bond motifs is 1. The molecule has 0 heterocycles. The molecule has 0 atom stereocenters. The molecular weight excluding hydrogens is 172 g/mol. The monoisotopic (exact) mass is 184 g/mol. The molecule has 14 heavy (non-hydrogen) atoms. The number of nitrogens with zero attached hydrogens (tertiary/aromatic N) is 1. The molecule has 0 aliphatic rings. The second-order valence-corrected chi connectivity index (χ2v) is 3.05. The average molecular weight is 184 g/mol. The summed E-state index contributed by atoms with van der Waals surface area (Å²) >= 11 is 0. The number of rotatable bonds is 2. The van der Waals surface area contributed by atoms with E-state index in [1.807, 2.05) is 24.3 Å². The fourth-order valence-electron chi connectivity index (χ4n) is 1.47. The predicted molar refractivity (Wildman–Crippen MR) is 61.2 cm³/mol. The van der Waals surface area contributed by atoms with E-state index in [0.717, 1.165) is 5.69 Å². The highest BCUT2D eigenvalue weighted by molar-refractivity contribution is 5.93. The van der Waals surface area contributed by atoms with Gasteiger partial charge in [0, 0.05) is 18.1 Å². The van der Waals surface area contributed by atoms with Crippen LogP contribution in [0.1, 0.15) is 0 Å². The van der Waals surface area contributed by atoms with Crippen LogP contribution in [0.3, 0.4) is 0 Å². The lowest BCUT2D eigenvalue weighted by Gasteiger charge is -2.00. The van der Waals surface area contributed by atoms with E-state index in [4.69, 9.17) is 5.73 Å². The smallest absolute Gasteiger partial charge is 0.0704 e. The molecule has 0 bridgehead atoms. The van der Waals surface area contributed by atoms with Gasteiger partial charge in [-0.1, -0.05) is 36.4 Å². The van der Waals surface area contributed by atoms with Crippen LogP contribution in [0.15, 0.2) is 47.5 Å². The number of hydrogen-bond donors (Lipinski definition) is 1. The van der Waals surface area contributed by atoms with Gasteiger partial charge in [-0.05, 0) is 11.5 Å². The lowest BCUT2D eigenvalue weighted by Crippen LogP contribution is -1.98. The van der Waals surface area contributed by atoms with Crippen molar-refractivity contribution in [2.24, 2.45) is 10.7 Å². The van der Waals surface area contributed by atoms with E-state index in [9.17, 15) is 0 Å². The Kier molecular flexibility index (Phi) is 2.56. The van der Waals surface area contributed by atoms with Gasteiger partial charge < -0.3 is 5.73 Å². The molecule has 0 aliphatic carbocycles. The third kappa shape index (κ3) is 1.65. The number of aliphatic imine (C=N–C) groups is 1. The van der Waals surface area contributed by atoms with Crippen LogP contribution in [0, 0.1) is 0 Å². The Morgan fingerprint density at radius 2 is 1.86 bits per heavy atom. The molecule has 0 spiro atoms. The second-order valence-electron chi connectivity index (χ2n) is 3.05. The fourth-order valence-corrected chi connectivity index (χ4v) is 1.47. The van der Waals surface area contributed by atoms with Gasteiger partial charge >= 0.3 is 0 Å². The molecule has 0 amide bonds. The standard InChI is InChI=1S/C12H12N2/c13-8-9-14-12-7-3-5-10-4-1-2-6-11(10)12/h1-7,9H,8,13H2. The maximum Gasteiger partial charge on any atom is 0.0704 e. The van der Waals surface area contributed by atoms with Gasteiger partial charge in [-0.15, -0.1) is 0 Å². The van der Waals surface area contributed by atoms with E-state index in [2.05, 4.69) is 23.2 Å². The maximum absolute atomic E-state index is 5.37. The van der Waals surface area contributed by atoms with Crippen LogP contribution in [0.2, 0.25) is 0 Å². The molecule has 0 radical (unpaired) electrons. The largest absolute Gasteiger partial charge is 0.326 e. The third-order valence-electron chi connectivity index (χ3n) is 2.10. The summed E-state index contributed by atoms with van der Waals surface area (Å²) in [6.07, 6.45) is 1.72. The van der Waals surface area contributed by atoms with Gasteiger partial charge in [-0.2, -0.15) is 0 Å². The molecule has 0 aromatic heterocycles. The number of hydrogen-bond acceptors (Lipinski definition) is 2. The zero-order valence-corrected chi connectivity index (χ0v) is 7.85. The highest BCUT2D eigenvalue weighted by atomic mass is 14.7. The Morgan fingerprint density at radius 1 is 1.07 bits per heavy atom. The van der Waals surface area contributed by atoms with Gasteiger partial charge in [0.2, 0.25) is 0 Å². The molecular formula is C12H12N2. The van der Waals surface area contributed by atoms with Crippen molar-refractivity contribution in [3.05, 3.63) is 42.5 Å². The molecule has 0 fully saturated rings. The Hall–Kier alpha value is -1.67. The molecule has 2 aromatic rings. The molecule has 70 valence electrons. The van der Waals surface area contributed by atoms with Crippen LogP contribution in [-0.4, -0.2) is 12.8 Å². The van der Waals surface area contributed by atoms with Crippen molar-refractivity contribution in [2.75, 3.05) is 6.54 Å². The van der Waals surface area contributed by atoms with Crippen LogP contribution in [0.4, 0.5) is 5.69 Å². The highest BCUT2D eigenvalue weighted by Gasteiger charge is 1.95. The van der Waals surface area contributed by atoms with Crippen molar-refractivity contribution < 1.29 is 0 Å². The zero-order valence-electron chi connectivity index (χ0n) is 7.85. The van der Waals surface area contributed by atoms with Crippen LogP contribution in [0.25, 0.3) is 10.8 Å². The highest BCUT2D eigenvalue weighted by Crippen LogP contribution is 2.24. The Morgan fingerprint density at radius 3 is 2.71 bits per heavy atom. The minimum atomic E-state index is 0.475. The predicted octanol–water partition coefficient (Wildman–Crippen LogP) is 2.50. The average Bonchev–Trinajstić information content (AvgIpc) is 2.26. The van der Waals surface area contributed by atoms with Crippen molar-refractivity contribution in [2.45, 2.75) is 0 Å². The number of nitrogens with two attached hydrogens (primary N) is 1. The molecule has 0 saturated carbocycles. The Labute approximate surface area is 83.1 Å². The van der Waals surface area contributed by atoms with Gasteiger partial charge in [0.15, 0.2) is 0 Å². The summed E-state index contributed by atoms with van der Waals surface area (Å²) in [7, 11) is 0. The lowest BCUT2D eigenvalue weighted by atomic mass is 10.1. The lowest BCUT2D eigenvalue weighted by molar-refractivity contribution is 1.33. The first kappa shape index (κ1) is 8.91. The van der Waals surface area contributed by atoms with E-state index in [0.29, 0.717) is 6.54 Å². The second kappa shape index (κ2) is 4.03. The van der Waals surface area contributed by atoms with Gasteiger partial charge in [-0.3, -0.25) is 4.99 Å². The van der Waals surface area contributed by atoms with Crippen LogP contribution >= 0.6 is 0 Å². The van der Waals surface area contributed by atoms with Crippen molar-refractivity contribution in [3.63, 3.8) is 0 Å². The summed E-state index contributed by atoms with van der Waals surface area (Å²) in [5.41, 5.74) is 6.35. The van der Waals surface area contributed by atoms with Crippen molar-refractivity contribution >= 4 is 22.7 Å². The zero-order chi connectivity index (χ0) is 9.80. The maximum atomic E-state index is 5.37. The van der Waals surface area contributed by atoms with E-state index < -0.39 is 0 Å². The third-order valence-corrected chi connectivity index (χ3v) is 2.10. The SMILES string of the molecule is NCC=Nc1cccc2ccccc12. The van der Waals surface area contributed by atoms with Gasteiger partial charge in [0.25, 0.3) is 0 Å². The fraction of sp³-hybridized carbons (Fsp3) is 0.0833. The molecule has 2 N–H and O–H groups in total. The summed E-state index contributed by atoms with van der Waals surface area (Å²) < 4.78 is 0. The summed E-state index contributed by atoms with van der Waals surface area (Å²) in [5, 5.41) is 2.37. The van der Waals surface area contributed by atoms with Crippen LogP contribution in [-0.2, 0) is 0 Å². The first-order chi connectivity index (χ1) is 6.92. The molecule has 2 aromatic carbocycles.